The molecule has 0 aromatic carbocycles. The maximum atomic E-state index is 10.7. The van der Waals surface area contributed by atoms with Crippen molar-refractivity contribution in [2.75, 3.05) is 5.75 Å². The summed E-state index contributed by atoms with van der Waals surface area (Å²) < 4.78 is 5.37. The van der Waals surface area contributed by atoms with Gasteiger partial charge in [0.25, 0.3) is 0 Å². The van der Waals surface area contributed by atoms with Crippen molar-refractivity contribution in [2.24, 2.45) is 11.7 Å². The molecule has 0 saturated heterocycles. The highest BCUT2D eigenvalue weighted by molar-refractivity contribution is 7.99. The van der Waals surface area contributed by atoms with Crippen molar-refractivity contribution in [3.05, 3.63) is 17.9 Å². The largest absolute Gasteiger partial charge is 0.455 e. The Kier molecular flexibility index (Phi) is 4.07. The minimum atomic E-state index is -0.235. The third-order valence-electron chi connectivity index (χ3n) is 2.00. The molecule has 0 aliphatic rings. The Morgan fingerprint density at radius 1 is 1.64 bits per heavy atom. The monoisotopic (exact) mass is 213 g/mol. The average Bonchev–Trinajstić information content (AvgIpc) is 2.51. The van der Waals surface area contributed by atoms with E-state index in [1.165, 1.54) is 0 Å². The van der Waals surface area contributed by atoms with Crippen molar-refractivity contribution in [3.8, 4) is 0 Å². The minimum Gasteiger partial charge on any atom is -0.455 e. The van der Waals surface area contributed by atoms with Gasteiger partial charge in [-0.1, -0.05) is 18.7 Å². The lowest BCUT2D eigenvalue weighted by molar-refractivity contribution is -0.121. The molecule has 1 rings (SSSR count). The SMILES string of the molecule is Cc1ccc(SCCC(C)C(N)=O)o1. The standard InChI is InChI=1S/C10H15NO2S/c1-7(10(11)12)5-6-14-9-4-3-8(2)13-9/h3-4,7H,5-6H2,1-2H3,(H2,11,12). The number of primary amides is 1. The Morgan fingerprint density at radius 2 is 2.36 bits per heavy atom. The fourth-order valence-corrected chi connectivity index (χ4v) is 2.00. The van der Waals surface area contributed by atoms with Gasteiger partial charge in [-0.25, -0.2) is 0 Å². The highest BCUT2D eigenvalue weighted by Gasteiger charge is 2.08. The van der Waals surface area contributed by atoms with Crippen LogP contribution in [0.1, 0.15) is 19.1 Å². The Labute approximate surface area is 88.0 Å². The van der Waals surface area contributed by atoms with Gasteiger partial charge in [0.05, 0.1) is 0 Å². The van der Waals surface area contributed by atoms with E-state index in [1.807, 2.05) is 26.0 Å². The van der Waals surface area contributed by atoms with Crippen LogP contribution in [0.2, 0.25) is 0 Å². The molecule has 0 fully saturated rings. The zero-order chi connectivity index (χ0) is 10.6. The van der Waals surface area contributed by atoms with Gasteiger partial charge >= 0.3 is 0 Å². The molecule has 1 aromatic heterocycles. The van der Waals surface area contributed by atoms with E-state index in [9.17, 15) is 4.79 Å². The summed E-state index contributed by atoms with van der Waals surface area (Å²) in [5.41, 5.74) is 5.15. The molecule has 78 valence electrons. The first kappa shape index (κ1) is 11.2. The Balaban J connectivity index is 2.25. The second-order valence-electron chi connectivity index (χ2n) is 3.31. The number of hydrogen-bond donors (Lipinski definition) is 1. The highest BCUT2D eigenvalue weighted by atomic mass is 32.2. The lowest BCUT2D eigenvalue weighted by Gasteiger charge is -2.04. The maximum Gasteiger partial charge on any atom is 0.220 e. The Morgan fingerprint density at radius 3 is 2.86 bits per heavy atom. The Bertz CT molecular complexity index is 309. The molecule has 1 atom stereocenters. The molecular weight excluding hydrogens is 198 g/mol. The van der Waals surface area contributed by atoms with Crippen LogP contribution in [0, 0.1) is 12.8 Å². The van der Waals surface area contributed by atoms with E-state index in [2.05, 4.69) is 0 Å². The van der Waals surface area contributed by atoms with Gasteiger partial charge in [0.1, 0.15) is 5.76 Å². The first-order chi connectivity index (χ1) is 6.59. The van der Waals surface area contributed by atoms with E-state index in [4.69, 9.17) is 10.2 Å². The summed E-state index contributed by atoms with van der Waals surface area (Å²) in [6, 6.07) is 3.87. The van der Waals surface area contributed by atoms with Gasteiger partial charge in [-0.15, -0.1) is 0 Å². The van der Waals surface area contributed by atoms with E-state index in [-0.39, 0.29) is 11.8 Å². The zero-order valence-corrected chi connectivity index (χ0v) is 9.26. The summed E-state index contributed by atoms with van der Waals surface area (Å²) >= 11 is 1.61. The van der Waals surface area contributed by atoms with Crippen molar-refractivity contribution in [2.45, 2.75) is 25.4 Å². The van der Waals surface area contributed by atoms with Gasteiger partial charge in [-0.3, -0.25) is 4.79 Å². The van der Waals surface area contributed by atoms with Crippen molar-refractivity contribution >= 4 is 17.7 Å². The van der Waals surface area contributed by atoms with Crippen LogP contribution in [0.15, 0.2) is 21.6 Å². The van der Waals surface area contributed by atoms with Crippen LogP contribution in [0.5, 0.6) is 0 Å². The molecule has 4 heteroatoms. The summed E-state index contributed by atoms with van der Waals surface area (Å²) in [6.45, 7) is 3.76. The molecule has 0 aliphatic carbocycles. The van der Waals surface area contributed by atoms with Crippen molar-refractivity contribution in [1.82, 2.24) is 0 Å². The van der Waals surface area contributed by atoms with E-state index < -0.39 is 0 Å². The van der Waals surface area contributed by atoms with Gasteiger partial charge in [-0.05, 0) is 25.5 Å². The van der Waals surface area contributed by atoms with Crippen LogP contribution in [-0.2, 0) is 4.79 Å². The van der Waals surface area contributed by atoms with Gasteiger partial charge in [0, 0.05) is 11.7 Å². The number of carbonyl (C=O) groups excluding carboxylic acids is 1. The lowest BCUT2D eigenvalue weighted by atomic mass is 10.1. The predicted molar refractivity (Wildman–Crippen MR) is 57.1 cm³/mol. The van der Waals surface area contributed by atoms with E-state index in [0.717, 1.165) is 23.0 Å². The molecule has 0 bridgehead atoms. The number of aryl methyl sites for hydroxylation is 1. The summed E-state index contributed by atoms with van der Waals surface area (Å²) in [5.74, 6) is 1.48. The third kappa shape index (κ3) is 3.46. The second-order valence-corrected chi connectivity index (χ2v) is 4.40. The number of thioether (sulfide) groups is 1. The van der Waals surface area contributed by atoms with Crippen LogP contribution in [-0.4, -0.2) is 11.7 Å². The van der Waals surface area contributed by atoms with Gasteiger partial charge < -0.3 is 10.2 Å². The van der Waals surface area contributed by atoms with Gasteiger partial charge in [-0.2, -0.15) is 0 Å². The van der Waals surface area contributed by atoms with Gasteiger partial charge in [0.2, 0.25) is 5.91 Å². The number of rotatable bonds is 5. The minimum absolute atomic E-state index is 0.0569. The quantitative estimate of drug-likeness (QED) is 0.763. The maximum absolute atomic E-state index is 10.7. The molecule has 1 unspecified atom stereocenters. The molecule has 2 N–H and O–H groups in total. The Hall–Kier alpha value is -0.900. The predicted octanol–water partition coefficient (Wildman–Crippen LogP) is 2.19. The number of carbonyl (C=O) groups is 1. The number of nitrogens with two attached hydrogens (primary N) is 1. The van der Waals surface area contributed by atoms with Crippen LogP contribution in [0.4, 0.5) is 0 Å². The average molecular weight is 213 g/mol. The molecule has 0 aliphatic heterocycles. The summed E-state index contributed by atoms with van der Waals surface area (Å²) in [6.07, 6.45) is 0.791. The molecule has 0 radical (unpaired) electrons. The van der Waals surface area contributed by atoms with Crippen LogP contribution in [0.3, 0.4) is 0 Å². The normalized spacial score (nSPS) is 12.7. The first-order valence-electron chi connectivity index (χ1n) is 4.58. The molecule has 0 spiro atoms. The summed E-state index contributed by atoms with van der Waals surface area (Å²) in [4.78, 5) is 10.7. The van der Waals surface area contributed by atoms with Gasteiger partial charge in [0.15, 0.2) is 5.09 Å². The third-order valence-corrected chi connectivity index (χ3v) is 2.94. The summed E-state index contributed by atoms with van der Waals surface area (Å²) in [5, 5.41) is 0.902. The van der Waals surface area contributed by atoms with E-state index in [1.54, 1.807) is 11.8 Å². The van der Waals surface area contributed by atoms with Crippen molar-refractivity contribution in [3.63, 3.8) is 0 Å². The second kappa shape index (κ2) is 5.10. The number of amides is 1. The first-order valence-corrected chi connectivity index (χ1v) is 5.56. The molecule has 14 heavy (non-hydrogen) atoms. The lowest BCUT2D eigenvalue weighted by Crippen LogP contribution is -2.20. The van der Waals surface area contributed by atoms with Crippen LogP contribution < -0.4 is 5.73 Å². The molecule has 1 amide bonds. The molecular formula is C10H15NO2S. The molecule has 1 heterocycles. The fourth-order valence-electron chi connectivity index (χ4n) is 0.968. The fraction of sp³-hybridized carbons (Fsp3) is 0.500. The van der Waals surface area contributed by atoms with Crippen LogP contribution >= 0.6 is 11.8 Å². The molecule has 3 nitrogen and oxygen atoms in total. The molecule has 1 aromatic rings. The van der Waals surface area contributed by atoms with E-state index >= 15 is 0 Å². The van der Waals surface area contributed by atoms with Crippen LogP contribution in [0.25, 0.3) is 0 Å². The topological polar surface area (TPSA) is 56.2 Å². The number of hydrogen-bond acceptors (Lipinski definition) is 3. The van der Waals surface area contributed by atoms with Crippen molar-refractivity contribution < 1.29 is 9.21 Å². The summed E-state index contributed by atoms with van der Waals surface area (Å²) in [7, 11) is 0. The zero-order valence-electron chi connectivity index (χ0n) is 8.45. The van der Waals surface area contributed by atoms with Crippen molar-refractivity contribution in [1.29, 1.82) is 0 Å². The highest BCUT2D eigenvalue weighted by Crippen LogP contribution is 2.22. The molecule has 0 saturated carbocycles. The number of furan rings is 1. The smallest absolute Gasteiger partial charge is 0.220 e. The van der Waals surface area contributed by atoms with E-state index in [0.29, 0.717) is 0 Å².